The highest BCUT2D eigenvalue weighted by Gasteiger charge is 2.15. The van der Waals surface area contributed by atoms with Crippen molar-refractivity contribution in [2.75, 3.05) is 5.32 Å². The molecular weight excluding hydrogens is 408 g/mol. The molecule has 3 N–H and O–H groups in total. The summed E-state index contributed by atoms with van der Waals surface area (Å²) in [6.07, 6.45) is 0.715. The second kappa shape index (κ2) is 6.57. The van der Waals surface area contributed by atoms with Crippen molar-refractivity contribution in [2.24, 2.45) is 0 Å². The number of anilines is 2. The molecule has 0 amide bonds. The number of aryl methyl sites for hydroxylation is 1. The van der Waals surface area contributed by atoms with Gasteiger partial charge in [0.1, 0.15) is 11.4 Å². The molecule has 0 aliphatic rings. The van der Waals surface area contributed by atoms with Gasteiger partial charge in [0.25, 0.3) is 0 Å². The molecule has 23 heavy (non-hydrogen) atoms. The molecule has 0 fully saturated rings. The fourth-order valence-corrected chi connectivity index (χ4v) is 2.70. The van der Waals surface area contributed by atoms with E-state index in [1.807, 2.05) is 31.2 Å². The van der Waals surface area contributed by atoms with Gasteiger partial charge >= 0.3 is 0 Å². The van der Waals surface area contributed by atoms with Crippen LogP contribution in [-0.4, -0.2) is 15.3 Å². The number of phenols is 1. The molecule has 0 bridgehead atoms. The lowest BCUT2D eigenvalue weighted by atomic mass is 10.1. The lowest BCUT2D eigenvalue weighted by Crippen LogP contribution is -1.97. The summed E-state index contributed by atoms with van der Waals surface area (Å²) in [6, 6.07) is 12.5. The second-order valence-corrected chi connectivity index (χ2v) is 6.33. The van der Waals surface area contributed by atoms with E-state index in [1.54, 1.807) is 18.2 Å². The molecule has 0 radical (unpaired) electrons. The summed E-state index contributed by atoms with van der Waals surface area (Å²) in [4.78, 5) is 0. The van der Waals surface area contributed by atoms with Crippen molar-refractivity contribution in [2.45, 2.75) is 13.3 Å². The number of benzene rings is 2. The van der Waals surface area contributed by atoms with Crippen molar-refractivity contribution in [3.05, 3.63) is 57.4 Å². The average Bonchev–Trinajstić information content (AvgIpc) is 2.91. The SMILES string of the molecule is CCc1cc(O)ccc1Nc1n[nH]c(-c2ccc(I)cc2)c1F. The molecule has 6 heteroatoms. The van der Waals surface area contributed by atoms with E-state index in [0.717, 1.165) is 20.4 Å². The Hall–Kier alpha value is -2.09. The summed E-state index contributed by atoms with van der Waals surface area (Å²) in [7, 11) is 0. The monoisotopic (exact) mass is 423 g/mol. The fourth-order valence-electron chi connectivity index (χ4n) is 2.34. The fraction of sp³-hybridized carbons (Fsp3) is 0.118. The number of nitrogens with one attached hydrogen (secondary N) is 2. The molecule has 1 aromatic heterocycles. The summed E-state index contributed by atoms with van der Waals surface area (Å²) < 4.78 is 15.7. The van der Waals surface area contributed by atoms with Gasteiger partial charge in [-0.15, -0.1) is 0 Å². The van der Waals surface area contributed by atoms with Crippen LogP contribution in [-0.2, 0) is 6.42 Å². The molecule has 118 valence electrons. The molecule has 4 nitrogen and oxygen atoms in total. The molecule has 0 saturated carbocycles. The van der Waals surface area contributed by atoms with Crippen LogP contribution in [0.5, 0.6) is 5.75 Å². The van der Waals surface area contributed by atoms with Crippen LogP contribution in [0, 0.1) is 9.39 Å². The highest BCUT2D eigenvalue weighted by molar-refractivity contribution is 14.1. The minimum absolute atomic E-state index is 0.138. The first-order valence-electron chi connectivity index (χ1n) is 7.17. The van der Waals surface area contributed by atoms with Crippen LogP contribution in [0.25, 0.3) is 11.3 Å². The lowest BCUT2D eigenvalue weighted by Gasteiger charge is -2.09. The van der Waals surface area contributed by atoms with Gasteiger partial charge in [0.05, 0.1) is 0 Å². The van der Waals surface area contributed by atoms with E-state index >= 15 is 0 Å². The number of halogens is 2. The van der Waals surface area contributed by atoms with E-state index < -0.39 is 5.82 Å². The minimum atomic E-state index is -0.429. The highest BCUT2D eigenvalue weighted by atomic mass is 127. The molecule has 0 atom stereocenters. The van der Waals surface area contributed by atoms with Gasteiger partial charge in [0.2, 0.25) is 0 Å². The quantitative estimate of drug-likeness (QED) is 0.416. The molecule has 1 heterocycles. The van der Waals surface area contributed by atoms with Gasteiger partial charge in [-0.3, -0.25) is 5.10 Å². The van der Waals surface area contributed by atoms with E-state index in [1.165, 1.54) is 0 Å². The number of aromatic amines is 1. The van der Waals surface area contributed by atoms with E-state index in [4.69, 9.17) is 0 Å². The van der Waals surface area contributed by atoms with Crippen LogP contribution in [0.2, 0.25) is 0 Å². The van der Waals surface area contributed by atoms with Gasteiger partial charge in [0.15, 0.2) is 11.6 Å². The summed E-state index contributed by atoms with van der Waals surface area (Å²) in [6.45, 7) is 1.97. The standard InChI is InChI=1S/C17H15FIN3O/c1-2-10-9-13(23)7-8-14(10)20-17-15(18)16(21-22-17)11-3-5-12(19)6-4-11/h3-9,23H,2H2,1H3,(H2,20,21,22). The van der Waals surface area contributed by atoms with Crippen molar-refractivity contribution >= 4 is 34.1 Å². The Morgan fingerprint density at radius 1 is 1.22 bits per heavy atom. The van der Waals surface area contributed by atoms with Gasteiger partial charge in [-0.25, -0.2) is 4.39 Å². The van der Waals surface area contributed by atoms with Crippen molar-refractivity contribution < 1.29 is 9.50 Å². The van der Waals surface area contributed by atoms with Crippen molar-refractivity contribution in [3.8, 4) is 17.0 Å². The number of nitrogens with zero attached hydrogens (tertiary/aromatic N) is 1. The predicted octanol–water partition coefficient (Wildman–Crippen LogP) is 4.83. The van der Waals surface area contributed by atoms with Crippen molar-refractivity contribution in [1.29, 1.82) is 0 Å². The topological polar surface area (TPSA) is 60.9 Å². The van der Waals surface area contributed by atoms with Gasteiger partial charge in [-0.1, -0.05) is 19.1 Å². The molecular formula is C17H15FIN3O. The Labute approximate surface area is 146 Å². The molecule has 0 aliphatic heterocycles. The zero-order valence-corrected chi connectivity index (χ0v) is 14.6. The van der Waals surface area contributed by atoms with Gasteiger partial charge < -0.3 is 10.4 Å². The van der Waals surface area contributed by atoms with Crippen LogP contribution < -0.4 is 5.32 Å². The van der Waals surface area contributed by atoms with Gasteiger partial charge in [0, 0.05) is 14.8 Å². The third-order valence-electron chi connectivity index (χ3n) is 3.56. The van der Waals surface area contributed by atoms with Crippen LogP contribution in [0.4, 0.5) is 15.9 Å². The molecule has 0 saturated heterocycles. The van der Waals surface area contributed by atoms with Crippen LogP contribution in [0.15, 0.2) is 42.5 Å². The Bertz CT molecular complexity index is 830. The molecule has 0 spiro atoms. The Kier molecular flexibility index (Phi) is 4.51. The summed E-state index contributed by atoms with van der Waals surface area (Å²) in [5.74, 6) is -0.102. The van der Waals surface area contributed by atoms with Crippen LogP contribution >= 0.6 is 22.6 Å². The summed E-state index contributed by atoms with van der Waals surface area (Å²) in [5.41, 5.74) is 2.71. The van der Waals surface area contributed by atoms with Gasteiger partial charge in [-0.2, -0.15) is 5.10 Å². The average molecular weight is 423 g/mol. The number of H-pyrrole nitrogens is 1. The molecule has 3 rings (SSSR count). The third-order valence-corrected chi connectivity index (χ3v) is 4.28. The van der Waals surface area contributed by atoms with E-state index in [9.17, 15) is 9.50 Å². The second-order valence-electron chi connectivity index (χ2n) is 5.09. The molecule has 2 aromatic carbocycles. The zero-order chi connectivity index (χ0) is 16.4. The normalized spacial score (nSPS) is 10.7. The minimum Gasteiger partial charge on any atom is -0.508 e. The largest absolute Gasteiger partial charge is 0.508 e. The van der Waals surface area contributed by atoms with E-state index in [-0.39, 0.29) is 11.6 Å². The maximum absolute atomic E-state index is 14.6. The molecule has 0 unspecified atom stereocenters. The Morgan fingerprint density at radius 3 is 2.65 bits per heavy atom. The van der Waals surface area contributed by atoms with Crippen LogP contribution in [0.1, 0.15) is 12.5 Å². The Morgan fingerprint density at radius 2 is 1.96 bits per heavy atom. The zero-order valence-electron chi connectivity index (χ0n) is 12.4. The Balaban J connectivity index is 1.92. The van der Waals surface area contributed by atoms with Crippen LogP contribution in [0.3, 0.4) is 0 Å². The number of rotatable bonds is 4. The summed E-state index contributed by atoms with van der Waals surface area (Å²) >= 11 is 2.20. The first kappa shape index (κ1) is 15.8. The number of aromatic hydroxyl groups is 1. The van der Waals surface area contributed by atoms with E-state index in [2.05, 4.69) is 38.1 Å². The maximum atomic E-state index is 14.6. The van der Waals surface area contributed by atoms with E-state index in [0.29, 0.717) is 12.1 Å². The number of hydrogen-bond donors (Lipinski definition) is 3. The smallest absolute Gasteiger partial charge is 0.193 e. The van der Waals surface area contributed by atoms with Crippen molar-refractivity contribution in [1.82, 2.24) is 10.2 Å². The lowest BCUT2D eigenvalue weighted by molar-refractivity contribution is 0.474. The maximum Gasteiger partial charge on any atom is 0.193 e. The molecule has 3 aromatic rings. The van der Waals surface area contributed by atoms with Crippen molar-refractivity contribution in [3.63, 3.8) is 0 Å². The molecule has 0 aliphatic carbocycles. The van der Waals surface area contributed by atoms with Gasteiger partial charge in [-0.05, 0) is 64.9 Å². The predicted molar refractivity (Wildman–Crippen MR) is 97.5 cm³/mol. The number of hydrogen-bond acceptors (Lipinski definition) is 3. The summed E-state index contributed by atoms with van der Waals surface area (Å²) in [5, 5.41) is 19.3. The first-order valence-corrected chi connectivity index (χ1v) is 8.25. The highest BCUT2D eigenvalue weighted by Crippen LogP contribution is 2.29. The first-order chi connectivity index (χ1) is 11.1. The number of aromatic nitrogens is 2. The number of phenolic OH excluding ortho intramolecular Hbond substituents is 1. The third kappa shape index (κ3) is 3.31.